The van der Waals surface area contributed by atoms with Crippen LogP contribution in [0.1, 0.15) is 25.7 Å². The van der Waals surface area contributed by atoms with E-state index in [0.29, 0.717) is 12.0 Å². The highest BCUT2D eigenvalue weighted by Gasteiger charge is 2.39. The highest BCUT2D eigenvalue weighted by molar-refractivity contribution is 4.96. The number of nitrogens with two attached hydrogens (primary N) is 1. The molecule has 1 aliphatic carbocycles. The van der Waals surface area contributed by atoms with Crippen LogP contribution in [0.2, 0.25) is 0 Å². The highest BCUT2D eigenvalue weighted by atomic mass is 16.3. The normalized spacial score (nSPS) is 29.8. The van der Waals surface area contributed by atoms with E-state index in [1.165, 1.54) is 25.7 Å². The number of aliphatic hydroxyl groups excluding tert-OH is 1. The lowest BCUT2D eigenvalue weighted by molar-refractivity contribution is 0.0779. The van der Waals surface area contributed by atoms with Gasteiger partial charge >= 0.3 is 0 Å². The summed E-state index contributed by atoms with van der Waals surface area (Å²) in [6.45, 7) is 2.39. The van der Waals surface area contributed by atoms with Crippen LogP contribution in [-0.4, -0.2) is 66.8 Å². The van der Waals surface area contributed by atoms with E-state index in [2.05, 4.69) is 23.9 Å². The van der Waals surface area contributed by atoms with Crippen molar-refractivity contribution in [1.82, 2.24) is 9.80 Å². The van der Waals surface area contributed by atoms with Gasteiger partial charge < -0.3 is 15.7 Å². The Balaban J connectivity index is 1.96. The molecule has 0 radical (unpaired) electrons. The monoisotopic (exact) mass is 241 g/mol. The molecule has 3 N–H and O–H groups in total. The molecule has 17 heavy (non-hydrogen) atoms. The first-order valence-corrected chi connectivity index (χ1v) is 6.90. The molecule has 1 heterocycles. The maximum atomic E-state index is 9.65. The van der Waals surface area contributed by atoms with E-state index in [0.717, 1.165) is 13.1 Å². The summed E-state index contributed by atoms with van der Waals surface area (Å²) in [7, 11) is 4.23. The van der Waals surface area contributed by atoms with Crippen LogP contribution in [0.15, 0.2) is 0 Å². The van der Waals surface area contributed by atoms with E-state index in [1.807, 2.05) is 0 Å². The molecule has 2 aliphatic rings. The smallest absolute Gasteiger partial charge is 0.0602 e. The summed E-state index contributed by atoms with van der Waals surface area (Å²) in [4.78, 5) is 4.70. The van der Waals surface area contributed by atoms with Gasteiger partial charge in [0.1, 0.15) is 0 Å². The number of likely N-dealkylation sites (N-methyl/N-ethyl adjacent to an activating group) is 1. The standard InChI is InChI=1S/C13H27N3O/c1-15(2)8-11-4-3-7-16(11)12(9-17)13(14)10-5-6-10/h10-13,17H,3-9,14H2,1-2H3. The fourth-order valence-corrected chi connectivity index (χ4v) is 3.16. The molecular formula is C13H27N3O. The Bertz CT molecular complexity index is 243. The average molecular weight is 241 g/mol. The first kappa shape index (κ1) is 13.3. The quantitative estimate of drug-likeness (QED) is 0.693. The Labute approximate surface area is 105 Å². The maximum absolute atomic E-state index is 9.65. The van der Waals surface area contributed by atoms with Crippen molar-refractivity contribution in [2.75, 3.05) is 33.8 Å². The van der Waals surface area contributed by atoms with Gasteiger partial charge in [-0.3, -0.25) is 4.90 Å². The lowest BCUT2D eigenvalue weighted by atomic mass is 10.0. The second-order valence-corrected chi connectivity index (χ2v) is 5.96. The molecule has 1 saturated carbocycles. The van der Waals surface area contributed by atoms with E-state index >= 15 is 0 Å². The molecular weight excluding hydrogens is 214 g/mol. The van der Waals surface area contributed by atoms with Crippen molar-refractivity contribution in [3.05, 3.63) is 0 Å². The summed E-state index contributed by atoms with van der Waals surface area (Å²) in [5, 5.41) is 9.65. The summed E-state index contributed by atoms with van der Waals surface area (Å²) in [5.41, 5.74) is 6.29. The Kier molecular flexibility index (Phi) is 4.42. The fourth-order valence-electron chi connectivity index (χ4n) is 3.16. The SMILES string of the molecule is CN(C)CC1CCCN1C(CO)C(N)C1CC1. The molecule has 0 bridgehead atoms. The molecule has 0 aromatic rings. The Morgan fingerprint density at radius 3 is 2.59 bits per heavy atom. The minimum atomic E-state index is 0.169. The number of hydrogen-bond acceptors (Lipinski definition) is 4. The lowest BCUT2D eigenvalue weighted by Crippen LogP contribution is -2.54. The van der Waals surface area contributed by atoms with Gasteiger partial charge in [0.05, 0.1) is 6.61 Å². The van der Waals surface area contributed by atoms with Crippen molar-refractivity contribution < 1.29 is 5.11 Å². The van der Waals surface area contributed by atoms with Crippen molar-refractivity contribution in [3.8, 4) is 0 Å². The van der Waals surface area contributed by atoms with Crippen LogP contribution in [0.5, 0.6) is 0 Å². The van der Waals surface area contributed by atoms with Crippen LogP contribution in [0, 0.1) is 5.92 Å². The number of nitrogens with zero attached hydrogens (tertiary/aromatic N) is 2. The predicted molar refractivity (Wildman–Crippen MR) is 69.9 cm³/mol. The van der Waals surface area contributed by atoms with Crippen molar-refractivity contribution in [2.45, 2.75) is 43.8 Å². The predicted octanol–water partition coefficient (Wildman–Crippen LogP) is 0.111. The van der Waals surface area contributed by atoms with E-state index in [4.69, 9.17) is 5.73 Å². The zero-order valence-corrected chi connectivity index (χ0v) is 11.2. The summed E-state index contributed by atoms with van der Waals surface area (Å²) >= 11 is 0. The summed E-state index contributed by atoms with van der Waals surface area (Å²) in [5.74, 6) is 0.660. The van der Waals surface area contributed by atoms with Gasteiger partial charge in [-0.1, -0.05) is 0 Å². The number of aliphatic hydroxyl groups is 1. The maximum Gasteiger partial charge on any atom is 0.0602 e. The van der Waals surface area contributed by atoms with E-state index < -0.39 is 0 Å². The van der Waals surface area contributed by atoms with Crippen molar-refractivity contribution >= 4 is 0 Å². The first-order valence-electron chi connectivity index (χ1n) is 6.90. The van der Waals surface area contributed by atoms with Crippen molar-refractivity contribution in [3.63, 3.8) is 0 Å². The van der Waals surface area contributed by atoms with Gasteiger partial charge in [-0.2, -0.15) is 0 Å². The molecule has 4 nitrogen and oxygen atoms in total. The Hall–Kier alpha value is -0.160. The van der Waals surface area contributed by atoms with E-state index in [9.17, 15) is 5.11 Å². The second kappa shape index (κ2) is 5.65. The molecule has 3 atom stereocenters. The molecule has 2 rings (SSSR count). The largest absolute Gasteiger partial charge is 0.395 e. The molecule has 2 fully saturated rings. The van der Waals surface area contributed by atoms with Gasteiger partial charge in [-0.05, 0) is 52.2 Å². The zero-order valence-electron chi connectivity index (χ0n) is 11.2. The molecule has 100 valence electrons. The van der Waals surface area contributed by atoms with Crippen molar-refractivity contribution in [1.29, 1.82) is 0 Å². The fraction of sp³-hybridized carbons (Fsp3) is 1.00. The third-order valence-corrected chi connectivity index (χ3v) is 4.22. The van der Waals surface area contributed by atoms with E-state index in [1.54, 1.807) is 0 Å². The number of hydrogen-bond donors (Lipinski definition) is 2. The first-order chi connectivity index (χ1) is 8.13. The molecule has 1 aliphatic heterocycles. The average Bonchev–Trinajstić information content (AvgIpc) is 3.03. The van der Waals surface area contributed by atoms with E-state index in [-0.39, 0.29) is 18.7 Å². The summed E-state index contributed by atoms with van der Waals surface area (Å²) in [6, 6.07) is 0.921. The van der Waals surface area contributed by atoms with Gasteiger partial charge in [-0.15, -0.1) is 0 Å². The molecule has 4 heteroatoms. The summed E-state index contributed by atoms with van der Waals surface area (Å²) in [6.07, 6.45) is 4.99. The Morgan fingerprint density at radius 1 is 1.35 bits per heavy atom. The highest BCUT2D eigenvalue weighted by Crippen LogP contribution is 2.35. The number of rotatable bonds is 6. The van der Waals surface area contributed by atoms with Gasteiger partial charge in [0.15, 0.2) is 0 Å². The van der Waals surface area contributed by atoms with Crippen LogP contribution in [0.3, 0.4) is 0 Å². The minimum Gasteiger partial charge on any atom is -0.395 e. The van der Waals surface area contributed by atoms with Crippen LogP contribution in [0.25, 0.3) is 0 Å². The molecule has 0 aromatic heterocycles. The molecule has 0 aromatic carbocycles. The molecule has 0 spiro atoms. The van der Waals surface area contributed by atoms with Crippen LogP contribution < -0.4 is 5.73 Å². The molecule has 0 amide bonds. The third kappa shape index (κ3) is 3.19. The Morgan fingerprint density at radius 2 is 2.06 bits per heavy atom. The molecule has 3 unspecified atom stereocenters. The zero-order chi connectivity index (χ0) is 12.4. The summed E-state index contributed by atoms with van der Waals surface area (Å²) < 4.78 is 0. The second-order valence-electron chi connectivity index (χ2n) is 5.96. The van der Waals surface area contributed by atoms with Gasteiger partial charge in [0.25, 0.3) is 0 Å². The van der Waals surface area contributed by atoms with Crippen LogP contribution >= 0.6 is 0 Å². The van der Waals surface area contributed by atoms with Crippen LogP contribution in [0.4, 0.5) is 0 Å². The topological polar surface area (TPSA) is 52.7 Å². The van der Waals surface area contributed by atoms with Crippen LogP contribution in [-0.2, 0) is 0 Å². The number of likely N-dealkylation sites (tertiary alicyclic amines) is 1. The van der Waals surface area contributed by atoms with Crippen molar-refractivity contribution in [2.24, 2.45) is 11.7 Å². The minimum absolute atomic E-state index is 0.169. The van der Waals surface area contributed by atoms with Gasteiger partial charge in [0.2, 0.25) is 0 Å². The van der Waals surface area contributed by atoms with Gasteiger partial charge in [-0.25, -0.2) is 0 Å². The molecule has 1 saturated heterocycles. The van der Waals surface area contributed by atoms with Gasteiger partial charge in [0, 0.05) is 24.7 Å². The third-order valence-electron chi connectivity index (χ3n) is 4.22. The lowest BCUT2D eigenvalue weighted by Gasteiger charge is -2.36.